The van der Waals surface area contributed by atoms with E-state index in [9.17, 15) is 14.0 Å². The lowest BCUT2D eigenvalue weighted by atomic mass is 10.1. The van der Waals surface area contributed by atoms with Gasteiger partial charge in [0.15, 0.2) is 0 Å². The molecule has 0 saturated carbocycles. The van der Waals surface area contributed by atoms with E-state index in [-0.39, 0.29) is 17.8 Å². The summed E-state index contributed by atoms with van der Waals surface area (Å²) in [4.78, 5) is 26.5. The number of benzene rings is 3. The van der Waals surface area contributed by atoms with Crippen LogP contribution in [0.4, 0.5) is 20.6 Å². The van der Waals surface area contributed by atoms with Gasteiger partial charge in [0.25, 0.3) is 0 Å². The van der Waals surface area contributed by atoms with Crippen molar-refractivity contribution < 1.29 is 14.0 Å². The molecule has 0 saturated heterocycles. The third-order valence-electron chi connectivity index (χ3n) is 4.77. The van der Waals surface area contributed by atoms with E-state index in [0.717, 1.165) is 5.56 Å². The van der Waals surface area contributed by atoms with E-state index >= 15 is 0 Å². The van der Waals surface area contributed by atoms with Crippen LogP contribution in [0, 0.1) is 5.82 Å². The fourth-order valence-electron chi connectivity index (χ4n) is 3.14. The minimum absolute atomic E-state index is 0.0223. The fraction of sp³-hybridized carbons (Fsp3) is 0.200. The van der Waals surface area contributed by atoms with Crippen molar-refractivity contribution in [3.8, 4) is 0 Å². The zero-order valence-corrected chi connectivity index (χ0v) is 17.3. The first-order valence-electron chi connectivity index (χ1n) is 10.3. The fourth-order valence-corrected chi connectivity index (χ4v) is 3.14. The van der Waals surface area contributed by atoms with E-state index in [1.807, 2.05) is 48.5 Å². The van der Waals surface area contributed by atoms with Gasteiger partial charge in [0.2, 0.25) is 5.91 Å². The predicted molar refractivity (Wildman–Crippen MR) is 122 cm³/mol. The maximum Gasteiger partial charge on any atom is 0.326 e. The van der Waals surface area contributed by atoms with E-state index in [1.54, 1.807) is 29.2 Å². The summed E-state index contributed by atoms with van der Waals surface area (Å²) in [5.41, 5.74) is 2.39. The van der Waals surface area contributed by atoms with Crippen LogP contribution in [0.25, 0.3) is 0 Å². The van der Waals surface area contributed by atoms with Crippen molar-refractivity contribution in [3.63, 3.8) is 0 Å². The number of halogens is 1. The van der Waals surface area contributed by atoms with Crippen LogP contribution in [0.5, 0.6) is 0 Å². The lowest BCUT2D eigenvalue weighted by Crippen LogP contribution is -2.37. The highest BCUT2D eigenvalue weighted by Crippen LogP contribution is 2.17. The minimum atomic E-state index is -0.363. The molecule has 5 nitrogen and oxygen atoms in total. The van der Waals surface area contributed by atoms with Gasteiger partial charge in [0.05, 0.1) is 0 Å². The summed E-state index contributed by atoms with van der Waals surface area (Å²) in [7, 11) is 0. The first-order chi connectivity index (χ1) is 15.1. The number of carbonyl (C=O) groups excluding carboxylic acids is 2. The SMILES string of the molecule is O=C(CCc1ccccc1)NCCCN(C(=O)Nc1ccccc1)c1ccc(F)cc1. The summed E-state index contributed by atoms with van der Waals surface area (Å²) in [6.45, 7) is 0.827. The standard InChI is InChI=1S/C25H26FN3O2/c26-21-13-15-23(16-14-21)29(25(31)28-22-10-5-2-6-11-22)19-7-18-27-24(30)17-12-20-8-3-1-4-9-20/h1-6,8-11,13-16H,7,12,17-19H2,(H,27,30)(H,28,31). The van der Waals surface area contributed by atoms with Crippen LogP contribution < -0.4 is 15.5 Å². The normalized spacial score (nSPS) is 10.4. The van der Waals surface area contributed by atoms with Crippen molar-refractivity contribution in [1.29, 1.82) is 0 Å². The van der Waals surface area contributed by atoms with Crippen LogP contribution in [0.2, 0.25) is 0 Å². The Labute approximate surface area is 181 Å². The van der Waals surface area contributed by atoms with Gasteiger partial charge in [-0.3, -0.25) is 9.69 Å². The van der Waals surface area contributed by atoms with Crippen LogP contribution in [-0.2, 0) is 11.2 Å². The summed E-state index contributed by atoms with van der Waals surface area (Å²) in [5.74, 6) is -0.385. The third-order valence-corrected chi connectivity index (χ3v) is 4.77. The molecule has 6 heteroatoms. The van der Waals surface area contributed by atoms with Gasteiger partial charge in [-0.2, -0.15) is 0 Å². The second-order valence-corrected chi connectivity index (χ2v) is 7.11. The van der Waals surface area contributed by atoms with Crippen LogP contribution in [0.15, 0.2) is 84.9 Å². The molecule has 2 N–H and O–H groups in total. The molecule has 0 heterocycles. The second kappa shape index (κ2) is 11.5. The van der Waals surface area contributed by atoms with Crippen molar-refractivity contribution in [2.24, 2.45) is 0 Å². The number of amides is 3. The Bertz CT molecular complexity index is 963. The van der Waals surface area contributed by atoms with E-state index < -0.39 is 0 Å². The largest absolute Gasteiger partial charge is 0.356 e. The number of urea groups is 1. The van der Waals surface area contributed by atoms with Gasteiger partial charge >= 0.3 is 6.03 Å². The number of aryl methyl sites for hydroxylation is 1. The quantitative estimate of drug-likeness (QED) is 0.479. The molecule has 3 amide bonds. The van der Waals surface area contributed by atoms with E-state index in [2.05, 4.69) is 10.6 Å². The Morgan fingerprint density at radius 1 is 0.839 bits per heavy atom. The molecule has 0 fully saturated rings. The van der Waals surface area contributed by atoms with Gasteiger partial charge in [-0.15, -0.1) is 0 Å². The zero-order chi connectivity index (χ0) is 21.9. The molecule has 0 bridgehead atoms. The highest BCUT2D eigenvalue weighted by atomic mass is 19.1. The van der Waals surface area contributed by atoms with Crippen LogP contribution >= 0.6 is 0 Å². The number of carbonyl (C=O) groups is 2. The van der Waals surface area contributed by atoms with Crippen LogP contribution in [0.3, 0.4) is 0 Å². The van der Waals surface area contributed by atoms with Crippen molar-refractivity contribution in [2.45, 2.75) is 19.3 Å². The van der Waals surface area contributed by atoms with Gasteiger partial charge in [0, 0.05) is 30.9 Å². The topological polar surface area (TPSA) is 61.4 Å². The van der Waals surface area contributed by atoms with Crippen molar-refractivity contribution in [2.75, 3.05) is 23.3 Å². The van der Waals surface area contributed by atoms with Crippen LogP contribution in [-0.4, -0.2) is 25.0 Å². The Hall–Kier alpha value is -3.67. The highest BCUT2D eigenvalue weighted by Gasteiger charge is 2.16. The summed E-state index contributed by atoms with van der Waals surface area (Å²) < 4.78 is 13.3. The lowest BCUT2D eigenvalue weighted by Gasteiger charge is -2.23. The molecule has 0 aromatic heterocycles. The maximum atomic E-state index is 13.3. The Balaban J connectivity index is 1.51. The Kier molecular flexibility index (Phi) is 8.17. The maximum absolute atomic E-state index is 13.3. The number of rotatable bonds is 9. The highest BCUT2D eigenvalue weighted by molar-refractivity contribution is 6.01. The monoisotopic (exact) mass is 419 g/mol. The average Bonchev–Trinajstić information content (AvgIpc) is 2.80. The molecule has 3 rings (SSSR count). The number of nitrogens with one attached hydrogen (secondary N) is 2. The smallest absolute Gasteiger partial charge is 0.326 e. The van der Waals surface area contributed by atoms with Crippen molar-refractivity contribution >= 4 is 23.3 Å². The molecular weight excluding hydrogens is 393 g/mol. The predicted octanol–water partition coefficient (Wildman–Crippen LogP) is 5.00. The molecule has 0 radical (unpaired) electrons. The number of hydrogen-bond donors (Lipinski definition) is 2. The van der Waals surface area contributed by atoms with Crippen molar-refractivity contribution in [1.82, 2.24) is 5.32 Å². The van der Waals surface area contributed by atoms with E-state index in [4.69, 9.17) is 0 Å². The molecule has 3 aromatic rings. The van der Waals surface area contributed by atoms with Gasteiger partial charge in [-0.25, -0.2) is 9.18 Å². The summed E-state index contributed by atoms with van der Waals surface area (Å²) in [6, 6.07) is 24.5. The molecule has 3 aromatic carbocycles. The number of anilines is 2. The molecule has 160 valence electrons. The molecule has 0 aliphatic heterocycles. The number of para-hydroxylation sites is 1. The first-order valence-corrected chi connectivity index (χ1v) is 10.3. The Morgan fingerprint density at radius 2 is 1.48 bits per heavy atom. The zero-order valence-electron chi connectivity index (χ0n) is 17.3. The first kappa shape index (κ1) is 22.0. The summed E-state index contributed by atoms with van der Waals surface area (Å²) in [5, 5.41) is 5.75. The molecule has 0 spiro atoms. The van der Waals surface area contributed by atoms with Crippen molar-refractivity contribution in [3.05, 3.63) is 96.3 Å². The van der Waals surface area contributed by atoms with E-state index in [1.165, 1.54) is 12.1 Å². The molecule has 0 unspecified atom stereocenters. The third kappa shape index (κ3) is 7.26. The minimum Gasteiger partial charge on any atom is -0.356 e. The molecule has 0 aliphatic carbocycles. The second-order valence-electron chi connectivity index (χ2n) is 7.11. The van der Waals surface area contributed by atoms with E-state index in [0.29, 0.717) is 43.7 Å². The van der Waals surface area contributed by atoms with Gasteiger partial charge in [-0.05, 0) is 54.8 Å². The van der Waals surface area contributed by atoms with Gasteiger partial charge in [-0.1, -0.05) is 48.5 Å². The molecule has 0 atom stereocenters. The summed E-state index contributed by atoms with van der Waals surface area (Å²) in [6.07, 6.45) is 1.67. The Morgan fingerprint density at radius 3 is 2.16 bits per heavy atom. The lowest BCUT2D eigenvalue weighted by molar-refractivity contribution is -0.121. The van der Waals surface area contributed by atoms with Gasteiger partial charge < -0.3 is 10.6 Å². The number of hydrogen-bond acceptors (Lipinski definition) is 2. The van der Waals surface area contributed by atoms with Crippen LogP contribution in [0.1, 0.15) is 18.4 Å². The average molecular weight is 420 g/mol. The molecule has 0 aliphatic rings. The van der Waals surface area contributed by atoms with Gasteiger partial charge in [0.1, 0.15) is 5.82 Å². The summed E-state index contributed by atoms with van der Waals surface area (Å²) >= 11 is 0. The molecular formula is C25H26FN3O2. The molecule has 31 heavy (non-hydrogen) atoms. The number of nitrogens with zero attached hydrogens (tertiary/aromatic N) is 1.